The van der Waals surface area contributed by atoms with E-state index in [9.17, 15) is 4.79 Å². The molecule has 5 heteroatoms. The van der Waals surface area contributed by atoms with E-state index in [1.165, 1.54) is 13.2 Å². The van der Waals surface area contributed by atoms with Gasteiger partial charge in [0.05, 0.1) is 12.5 Å². The van der Waals surface area contributed by atoms with Gasteiger partial charge in [0.25, 0.3) is 0 Å². The van der Waals surface area contributed by atoms with Gasteiger partial charge in [-0.3, -0.25) is 0 Å². The molecule has 1 atom stereocenters. The molecule has 0 N–H and O–H groups in total. The van der Waals surface area contributed by atoms with Crippen molar-refractivity contribution in [2.45, 2.75) is 5.38 Å². The van der Waals surface area contributed by atoms with Crippen molar-refractivity contribution >= 4 is 40.8 Å². The molecule has 0 aliphatic heterocycles. The summed E-state index contributed by atoms with van der Waals surface area (Å²) in [4.78, 5) is 11.0. The van der Waals surface area contributed by atoms with Crippen LogP contribution in [0, 0.1) is 0 Å². The Morgan fingerprint density at radius 1 is 1.50 bits per heavy atom. The quantitative estimate of drug-likeness (QED) is 0.476. The maximum Gasteiger partial charge on any atom is 0.349 e. The van der Waals surface area contributed by atoms with Gasteiger partial charge in [-0.25, -0.2) is 4.79 Å². The Kier molecular flexibility index (Phi) is 5.13. The molecule has 0 fully saturated rings. The van der Waals surface area contributed by atoms with E-state index >= 15 is 0 Å². The first-order chi connectivity index (χ1) is 7.54. The molecule has 16 heavy (non-hydrogen) atoms. The van der Waals surface area contributed by atoms with E-state index in [0.717, 1.165) is 5.56 Å². The highest BCUT2D eigenvalue weighted by atomic mass is 35.5. The molecular weight excluding hydrogens is 270 g/mol. The molecule has 0 radical (unpaired) electrons. The van der Waals surface area contributed by atoms with Gasteiger partial charge >= 0.3 is 5.97 Å². The van der Waals surface area contributed by atoms with Crippen molar-refractivity contribution in [1.82, 2.24) is 0 Å². The van der Waals surface area contributed by atoms with Crippen LogP contribution in [0.5, 0.6) is 0 Å². The van der Waals surface area contributed by atoms with Gasteiger partial charge in [-0.1, -0.05) is 35.3 Å². The van der Waals surface area contributed by atoms with E-state index < -0.39 is 11.3 Å². The van der Waals surface area contributed by atoms with Crippen LogP contribution in [0.4, 0.5) is 0 Å². The van der Waals surface area contributed by atoms with Crippen LogP contribution in [0.3, 0.4) is 0 Å². The summed E-state index contributed by atoms with van der Waals surface area (Å²) in [6.45, 7) is 0. The first kappa shape index (κ1) is 13.4. The van der Waals surface area contributed by atoms with Crippen molar-refractivity contribution in [1.29, 1.82) is 0 Å². The van der Waals surface area contributed by atoms with Gasteiger partial charge in [-0.2, -0.15) is 0 Å². The van der Waals surface area contributed by atoms with Crippen molar-refractivity contribution in [2.75, 3.05) is 7.11 Å². The van der Waals surface area contributed by atoms with Gasteiger partial charge < -0.3 is 4.74 Å². The average molecular weight is 280 g/mol. The van der Waals surface area contributed by atoms with Gasteiger partial charge in [0.15, 0.2) is 0 Å². The molecule has 0 heterocycles. The van der Waals surface area contributed by atoms with Crippen LogP contribution in [0.1, 0.15) is 10.9 Å². The van der Waals surface area contributed by atoms with Crippen LogP contribution in [0.2, 0.25) is 5.02 Å². The van der Waals surface area contributed by atoms with Crippen molar-refractivity contribution < 1.29 is 9.53 Å². The van der Waals surface area contributed by atoms with Gasteiger partial charge in [-0.05, 0) is 23.8 Å². The smallest absolute Gasteiger partial charge is 0.349 e. The highest BCUT2D eigenvalue weighted by Gasteiger charge is 2.11. The molecule has 1 aromatic carbocycles. The molecule has 1 aromatic rings. The van der Waals surface area contributed by atoms with Crippen LogP contribution in [-0.4, -0.2) is 13.1 Å². The molecule has 0 aliphatic rings. The van der Waals surface area contributed by atoms with Crippen molar-refractivity contribution in [2.24, 2.45) is 0 Å². The predicted octanol–water partition coefficient (Wildman–Crippen LogP) is 3.92. The van der Waals surface area contributed by atoms with Gasteiger partial charge in [0.1, 0.15) is 5.03 Å². The minimum absolute atomic E-state index is 0.0533. The Hall–Kier alpha value is -0.700. The van der Waals surface area contributed by atoms with Crippen LogP contribution in [-0.2, 0) is 9.53 Å². The number of ether oxygens (including phenoxy) is 1. The van der Waals surface area contributed by atoms with E-state index in [1.54, 1.807) is 24.3 Å². The molecule has 0 bridgehead atoms. The Morgan fingerprint density at radius 2 is 2.19 bits per heavy atom. The maximum atomic E-state index is 11.0. The molecule has 2 nitrogen and oxygen atoms in total. The lowest BCUT2D eigenvalue weighted by Crippen LogP contribution is -2.00. The summed E-state index contributed by atoms with van der Waals surface area (Å²) in [6.07, 6.45) is 1.40. The third-order valence-electron chi connectivity index (χ3n) is 1.84. The summed E-state index contributed by atoms with van der Waals surface area (Å²) in [6, 6.07) is 7.01. The van der Waals surface area contributed by atoms with E-state index in [1.807, 2.05) is 0 Å². The van der Waals surface area contributed by atoms with Crippen molar-refractivity contribution in [3.63, 3.8) is 0 Å². The number of halogens is 3. The van der Waals surface area contributed by atoms with E-state index in [0.29, 0.717) is 5.02 Å². The third kappa shape index (κ3) is 3.71. The maximum absolute atomic E-state index is 11.0. The minimum atomic E-state index is -0.616. The molecule has 0 unspecified atom stereocenters. The standard InChI is InChI=1S/C11H9Cl3O2/c1-16-11(15)10(14)6-9(13)7-3-2-4-8(12)5-7/h2-6,9H,1H3/b10-6-/t9-/m0/s1. The van der Waals surface area contributed by atoms with Crippen molar-refractivity contribution in [3.05, 3.63) is 46.0 Å². The number of esters is 1. The lowest BCUT2D eigenvalue weighted by atomic mass is 10.1. The summed E-state index contributed by atoms with van der Waals surface area (Å²) in [7, 11) is 1.25. The van der Waals surface area contributed by atoms with Crippen LogP contribution < -0.4 is 0 Å². The lowest BCUT2D eigenvalue weighted by Gasteiger charge is -2.05. The summed E-state index contributed by atoms with van der Waals surface area (Å²) in [5, 5.41) is -0.00137. The highest BCUT2D eigenvalue weighted by molar-refractivity contribution is 6.41. The zero-order valence-corrected chi connectivity index (χ0v) is 10.7. The van der Waals surface area contributed by atoms with Gasteiger partial charge in [-0.15, -0.1) is 11.6 Å². The molecule has 86 valence electrons. The molecule has 0 spiro atoms. The molecule has 0 aromatic heterocycles. The number of alkyl halides is 1. The fraction of sp³-hybridized carbons (Fsp3) is 0.182. The molecule has 1 rings (SSSR count). The summed E-state index contributed by atoms with van der Waals surface area (Å²) < 4.78 is 4.45. The van der Waals surface area contributed by atoms with E-state index in [4.69, 9.17) is 34.8 Å². The summed E-state index contributed by atoms with van der Waals surface area (Å²) >= 11 is 17.5. The highest BCUT2D eigenvalue weighted by Crippen LogP contribution is 2.26. The summed E-state index contributed by atoms with van der Waals surface area (Å²) in [5.74, 6) is -0.616. The largest absolute Gasteiger partial charge is 0.465 e. The number of carbonyl (C=O) groups is 1. The number of carbonyl (C=O) groups excluding carboxylic acids is 1. The number of hydrogen-bond acceptors (Lipinski definition) is 2. The van der Waals surface area contributed by atoms with Crippen molar-refractivity contribution in [3.8, 4) is 0 Å². The van der Waals surface area contributed by atoms with Crippen LogP contribution >= 0.6 is 34.8 Å². The SMILES string of the molecule is COC(=O)/C(Cl)=C/[C@H](Cl)c1cccc(Cl)c1. The second-order valence-electron chi connectivity index (χ2n) is 2.96. The monoisotopic (exact) mass is 278 g/mol. The first-order valence-electron chi connectivity index (χ1n) is 4.39. The lowest BCUT2D eigenvalue weighted by molar-refractivity contribution is -0.135. The second-order valence-corrected chi connectivity index (χ2v) is 4.28. The Balaban J connectivity index is 2.87. The first-order valence-corrected chi connectivity index (χ1v) is 5.59. The number of allylic oxidation sites excluding steroid dienone is 1. The third-order valence-corrected chi connectivity index (χ3v) is 2.73. The van der Waals surface area contributed by atoms with Gasteiger partial charge in [0.2, 0.25) is 0 Å². The van der Waals surface area contributed by atoms with Crippen LogP contribution in [0.25, 0.3) is 0 Å². The Labute approximate surface area is 109 Å². The zero-order valence-electron chi connectivity index (χ0n) is 8.41. The topological polar surface area (TPSA) is 26.3 Å². The Morgan fingerprint density at radius 3 is 2.75 bits per heavy atom. The number of benzene rings is 1. The van der Waals surface area contributed by atoms with Gasteiger partial charge in [0, 0.05) is 5.02 Å². The predicted molar refractivity (Wildman–Crippen MR) is 66.0 cm³/mol. The molecule has 0 amide bonds. The molecular formula is C11H9Cl3O2. The van der Waals surface area contributed by atoms with Crippen LogP contribution in [0.15, 0.2) is 35.4 Å². The summed E-state index contributed by atoms with van der Waals surface area (Å²) in [5.41, 5.74) is 0.760. The molecule has 0 saturated heterocycles. The number of rotatable bonds is 3. The number of methoxy groups -OCH3 is 1. The second kappa shape index (κ2) is 6.14. The fourth-order valence-corrected chi connectivity index (χ4v) is 1.80. The molecule has 0 aliphatic carbocycles. The van der Waals surface area contributed by atoms with E-state index in [-0.39, 0.29) is 5.03 Å². The normalized spacial score (nSPS) is 13.4. The zero-order chi connectivity index (χ0) is 12.1. The van der Waals surface area contributed by atoms with E-state index in [2.05, 4.69) is 4.74 Å². The Bertz CT molecular complexity index is 415. The number of hydrogen-bond donors (Lipinski definition) is 0. The minimum Gasteiger partial charge on any atom is -0.465 e. The molecule has 0 saturated carbocycles. The fourth-order valence-electron chi connectivity index (χ4n) is 1.07. The average Bonchev–Trinajstić information content (AvgIpc) is 2.27.